The first-order valence-corrected chi connectivity index (χ1v) is 12.5. The Morgan fingerprint density at radius 1 is 0.833 bits per heavy atom. The van der Waals surface area contributed by atoms with Crippen LogP contribution in [0, 0.1) is 17.8 Å². The van der Waals surface area contributed by atoms with Crippen LogP contribution in [0.15, 0.2) is 48.5 Å². The van der Waals surface area contributed by atoms with Crippen LogP contribution < -0.4 is 16.2 Å². The zero-order chi connectivity index (χ0) is 26.2. The van der Waals surface area contributed by atoms with Gasteiger partial charge in [-0.15, -0.1) is 0 Å². The molecule has 0 saturated heterocycles. The number of carbonyl (C=O) groups is 3. The molecule has 2 aromatic carbocycles. The highest BCUT2D eigenvalue weighted by Crippen LogP contribution is 2.44. The first-order valence-electron chi connectivity index (χ1n) is 12.5. The summed E-state index contributed by atoms with van der Waals surface area (Å²) in [6.45, 7) is 7.60. The highest BCUT2D eigenvalue weighted by Gasteiger charge is 2.30. The van der Waals surface area contributed by atoms with Crippen LogP contribution in [0.25, 0.3) is 11.1 Å². The molecule has 1 atom stereocenters. The molecule has 3 rings (SSSR count). The first kappa shape index (κ1) is 27.2. The van der Waals surface area contributed by atoms with E-state index in [1.54, 1.807) is 0 Å². The molecule has 3 amide bonds. The second-order valence-corrected chi connectivity index (χ2v) is 10.1. The van der Waals surface area contributed by atoms with Gasteiger partial charge in [-0.3, -0.25) is 20.4 Å². The minimum atomic E-state index is -1.27. The van der Waals surface area contributed by atoms with Crippen molar-refractivity contribution in [2.45, 2.75) is 52.5 Å². The Morgan fingerprint density at radius 2 is 1.33 bits per heavy atom. The van der Waals surface area contributed by atoms with E-state index in [2.05, 4.69) is 16.2 Å². The highest BCUT2D eigenvalue weighted by atomic mass is 16.5. The van der Waals surface area contributed by atoms with Crippen molar-refractivity contribution in [1.82, 2.24) is 16.2 Å². The van der Waals surface area contributed by atoms with Gasteiger partial charge in [0.15, 0.2) is 0 Å². The molecule has 8 heteroatoms. The molecular weight excluding hydrogens is 458 g/mol. The molecule has 0 spiro atoms. The minimum Gasteiger partial charge on any atom is -0.449 e. The number of hydrogen-bond donors (Lipinski definition) is 4. The smallest absolute Gasteiger partial charge is 0.407 e. The van der Waals surface area contributed by atoms with Crippen molar-refractivity contribution in [2.75, 3.05) is 13.2 Å². The third-order valence-electron chi connectivity index (χ3n) is 6.33. The maximum absolute atomic E-state index is 12.6. The van der Waals surface area contributed by atoms with Gasteiger partial charge < -0.3 is 15.2 Å². The van der Waals surface area contributed by atoms with E-state index in [1.807, 2.05) is 76.2 Å². The molecular formula is C28H37N3O5. The number of aliphatic hydroxyl groups excluding tert-OH is 1. The number of benzene rings is 2. The van der Waals surface area contributed by atoms with Gasteiger partial charge in [-0.25, -0.2) is 4.79 Å². The van der Waals surface area contributed by atoms with Crippen LogP contribution in [0.1, 0.15) is 57.6 Å². The lowest BCUT2D eigenvalue weighted by Crippen LogP contribution is -2.54. The van der Waals surface area contributed by atoms with Gasteiger partial charge in [0, 0.05) is 11.8 Å². The number of amides is 3. The topological polar surface area (TPSA) is 117 Å². The summed E-state index contributed by atoms with van der Waals surface area (Å²) in [5.74, 6) is -0.724. The van der Waals surface area contributed by atoms with Crippen LogP contribution in [-0.2, 0) is 14.3 Å². The van der Waals surface area contributed by atoms with Crippen LogP contribution in [0.3, 0.4) is 0 Å². The zero-order valence-corrected chi connectivity index (χ0v) is 21.4. The van der Waals surface area contributed by atoms with E-state index in [9.17, 15) is 19.5 Å². The molecule has 8 nitrogen and oxygen atoms in total. The van der Waals surface area contributed by atoms with E-state index in [4.69, 9.17) is 4.74 Å². The van der Waals surface area contributed by atoms with Crippen LogP contribution in [0.5, 0.6) is 0 Å². The lowest BCUT2D eigenvalue weighted by molar-refractivity contribution is -0.133. The average molecular weight is 496 g/mol. The van der Waals surface area contributed by atoms with Gasteiger partial charge in [-0.2, -0.15) is 0 Å². The average Bonchev–Trinajstić information content (AvgIpc) is 3.17. The quantitative estimate of drug-likeness (QED) is 0.375. The largest absolute Gasteiger partial charge is 0.449 e. The number of fused-ring (bicyclic) bond motifs is 3. The number of rotatable bonds is 10. The maximum atomic E-state index is 12.6. The molecule has 0 aromatic heterocycles. The van der Waals surface area contributed by atoms with E-state index < -0.39 is 24.6 Å². The second-order valence-electron chi connectivity index (χ2n) is 10.1. The summed E-state index contributed by atoms with van der Waals surface area (Å²) in [6, 6.07) is 14.7. The lowest BCUT2D eigenvalue weighted by atomic mass is 9.89. The third kappa shape index (κ3) is 6.85. The monoisotopic (exact) mass is 495 g/mol. The molecule has 1 aliphatic rings. The Morgan fingerprint density at radius 3 is 1.83 bits per heavy atom. The van der Waals surface area contributed by atoms with Gasteiger partial charge in [-0.1, -0.05) is 76.2 Å². The number of nitrogens with one attached hydrogen (secondary N) is 3. The molecule has 0 fully saturated rings. The summed E-state index contributed by atoms with van der Waals surface area (Å²) in [5.41, 5.74) is 9.12. The van der Waals surface area contributed by atoms with Gasteiger partial charge in [0.1, 0.15) is 12.6 Å². The van der Waals surface area contributed by atoms with Gasteiger partial charge in [0.2, 0.25) is 5.91 Å². The predicted molar refractivity (Wildman–Crippen MR) is 138 cm³/mol. The Bertz CT molecular complexity index is 1010. The number of ether oxygens (including phenoxy) is 1. The summed E-state index contributed by atoms with van der Waals surface area (Å²) in [6.07, 6.45) is 0.567. The molecule has 4 N–H and O–H groups in total. The summed E-state index contributed by atoms with van der Waals surface area (Å²) in [5, 5.41) is 12.0. The summed E-state index contributed by atoms with van der Waals surface area (Å²) in [4.78, 5) is 37.6. The predicted octanol–water partition coefficient (Wildman–Crippen LogP) is 3.74. The van der Waals surface area contributed by atoms with E-state index in [-0.39, 0.29) is 24.3 Å². The molecule has 0 radical (unpaired) electrons. The standard InChI is InChI=1S/C28H37N3O5/c1-17(2)13-19(14-18(3)4)26(33)30-31-27(34)25(15-32)29-28(35)36-16-24-22-11-7-5-9-20(22)21-10-6-8-12-23(21)24/h5-12,17-19,24-25,32H,13-16H2,1-4H3,(H,29,35)(H,30,33)(H,31,34)/t25-/m1/s1. The van der Waals surface area contributed by atoms with E-state index >= 15 is 0 Å². The Labute approximate surface area is 212 Å². The van der Waals surface area contributed by atoms with Crippen molar-refractivity contribution in [1.29, 1.82) is 0 Å². The van der Waals surface area contributed by atoms with Crippen molar-refractivity contribution < 1.29 is 24.2 Å². The fourth-order valence-electron chi connectivity index (χ4n) is 4.74. The van der Waals surface area contributed by atoms with Crippen molar-refractivity contribution in [2.24, 2.45) is 17.8 Å². The van der Waals surface area contributed by atoms with E-state index in [0.29, 0.717) is 24.7 Å². The van der Waals surface area contributed by atoms with Gasteiger partial charge >= 0.3 is 6.09 Å². The maximum Gasteiger partial charge on any atom is 0.407 e. The van der Waals surface area contributed by atoms with Gasteiger partial charge in [0.05, 0.1) is 6.61 Å². The van der Waals surface area contributed by atoms with Crippen molar-refractivity contribution in [3.05, 3.63) is 59.7 Å². The van der Waals surface area contributed by atoms with Crippen LogP contribution in [0.2, 0.25) is 0 Å². The zero-order valence-electron chi connectivity index (χ0n) is 21.4. The minimum absolute atomic E-state index is 0.0858. The normalized spacial score (nSPS) is 13.3. The molecule has 0 heterocycles. The molecule has 36 heavy (non-hydrogen) atoms. The fraction of sp³-hybridized carbons (Fsp3) is 0.464. The van der Waals surface area contributed by atoms with Crippen molar-refractivity contribution >= 4 is 17.9 Å². The van der Waals surface area contributed by atoms with Gasteiger partial charge in [-0.05, 0) is 46.9 Å². The number of carbonyl (C=O) groups excluding carboxylic acids is 3. The summed E-state index contributed by atoms with van der Waals surface area (Å²) in [7, 11) is 0. The SMILES string of the molecule is CC(C)CC(CC(C)C)C(=O)NNC(=O)[C@@H](CO)NC(=O)OCC1c2ccccc2-c2ccccc21. The lowest BCUT2D eigenvalue weighted by Gasteiger charge is -2.22. The highest BCUT2D eigenvalue weighted by molar-refractivity contribution is 5.88. The van der Waals surface area contributed by atoms with E-state index in [1.165, 1.54) is 0 Å². The number of hydrazine groups is 1. The molecule has 1 aliphatic carbocycles. The Kier molecular flexibility index (Phi) is 9.47. The molecule has 194 valence electrons. The second kappa shape index (κ2) is 12.5. The summed E-state index contributed by atoms with van der Waals surface area (Å²) < 4.78 is 5.44. The molecule has 0 saturated carbocycles. The van der Waals surface area contributed by atoms with Gasteiger partial charge in [0.25, 0.3) is 5.91 Å². The number of hydrogen-bond acceptors (Lipinski definition) is 5. The first-order chi connectivity index (χ1) is 17.2. The number of aliphatic hydroxyl groups is 1. The molecule has 0 aliphatic heterocycles. The van der Waals surface area contributed by atoms with Crippen molar-refractivity contribution in [3.8, 4) is 11.1 Å². The molecule has 0 bridgehead atoms. The Hall–Kier alpha value is -3.39. The van der Waals surface area contributed by atoms with Crippen LogP contribution in [-0.4, -0.2) is 42.3 Å². The summed E-state index contributed by atoms with van der Waals surface area (Å²) >= 11 is 0. The fourth-order valence-corrected chi connectivity index (χ4v) is 4.74. The third-order valence-corrected chi connectivity index (χ3v) is 6.33. The van der Waals surface area contributed by atoms with Crippen LogP contribution >= 0.6 is 0 Å². The Balaban J connectivity index is 1.54. The molecule has 0 unspecified atom stereocenters. The van der Waals surface area contributed by atoms with Crippen molar-refractivity contribution in [3.63, 3.8) is 0 Å². The molecule has 2 aromatic rings. The number of alkyl carbamates (subject to hydrolysis) is 1. The van der Waals surface area contributed by atoms with Crippen LogP contribution in [0.4, 0.5) is 4.79 Å². The van der Waals surface area contributed by atoms with E-state index in [0.717, 1.165) is 22.3 Å².